The highest BCUT2D eigenvalue weighted by atomic mass is 79.9. The quantitative estimate of drug-likeness (QED) is 0.618. The van der Waals surface area contributed by atoms with Gasteiger partial charge in [0.1, 0.15) is 0 Å². The fourth-order valence-corrected chi connectivity index (χ4v) is 1.55. The maximum atomic E-state index is 13.2. The van der Waals surface area contributed by atoms with Crippen LogP contribution in [0.2, 0.25) is 0 Å². The molecule has 5 heteroatoms. The molecule has 1 aromatic carbocycles. The highest BCUT2D eigenvalue weighted by molar-refractivity contribution is 9.10. The zero-order valence-electron chi connectivity index (χ0n) is 7.38. The second kappa shape index (κ2) is 4.88. The van der Waals surface area contributed by atoms with Gasteiger partial charge in [0.2, 0.25) is 6.08 Å². The average Bonchev–Trinajstić information content (AvgIpc) is 2.14. The fourth-order valence-electron chi connectivity index (χ4n) is 1.08. The molecule has 0 fully saturated rings. The molecule has 3 nitrogen and oxygen atoms in total. The summed E-state index contributed by atoms with van der Waals surface area (Å²) in [4.78, 5) is 13.3. The molecule has 1 rings (SSSR count). The number of hydrogen-bond donors (Lipinski definition) is 0. The summed E-state index contributed by atoms with van der Waals surface area (Å²) >= 11 is 3.13. The van der Waals surface area contributed by atoms with Gasteiger partial charge in [-0.1, -0.05) is 15.9 Å². The van der Waals surface area contributed by atoms with Gasteiger partial charge < -0.3 is 4.74 Å². The van der Waals surface area contributed by atoms with E-state index in [2.05, 4.69) is 20.9 Å². The van der Waals surface area contributed by atoms with E-state index in [0.29, 0.717) is 10.0 Å². The van der Waals surface area contributed by atoms with Gasteiger partial charge in [-0.3, -0.25) is 0 Å². The van der Waals surface area contributed by atoms with Crippen molar-refractivity contribution in [3.8, 4) is 5.75 Å². The molecule has 0 amide bonds. The maximum Gasteiger partial charge on any atom is 0.235 e. The fraction of sp³-hybridized carbons (Fsp3) is 0.222. The third kappa shape index (κ3) is 2.40. The van der Waals surface area contributed by atoms with Crippen molar-refractivity contribution in [1.82, 2.24) is 0 Å². The normalized spacial score (nSPS) is 9.36. The molecule has 0 aliphatic heterocycles. The Kier molecular flexibility index (Phi) is 3.80. The first-order valence-corrected chi connectivity index (χ1v) is 4.54. The molecule has 0 unspecified atom stereocenters. The van der Waals surface area contributed by atoms with E-state index in [1.165, 1.54) is 19.3 Å². The van der Waals surface area contributed by atoms with Gasteiger partial charge in [0, 0.05) is 10.0 Å². The molecule has 0 spiro atoms. The van der Waals surface area contributed by atoms with Crippen molar-refractivity contribution < 1.29 is 13.9 Å². The van der Waals surface area contributed by atoms with Gasteiger partial charge in [0.15, 0.2) is 11.6 Å². The summed E-state index contributed by atoms with van der Waals surface area (Å²) < 4.78 is 18.7. The molecular weight excluding hydrogens is 253 g/mol. The van der Waals surface area contributed by atoms with Gasteiger partial charge in [-0.05, 0) is 12.1 Å². The molecule has 0 aromatic heterocycles. The Morgan fingerprint density at radius 1 is 1.64 bits per heavy atom. The zero-order valence-corrected chi connectivity index (χ0v) is 8.97. The van der Waals surface area contributed by atoms with Crippen molar-refractivity contribution in [2.24, 2.45) is 4.99 Å². The summed E-state index contributed by atoms with van der Waals surface area (Å²) in [5.74, 6) is -0.384. The SMILES string of the molecule is COc1c(F)cc(Br)cc1CN=C=O. The molecule has 0 N–H and O–H groups in total. The van der Waals surface area contributed by atoms with Crippen molar-refractivity contribution in [1.29, 1.82) is 0 Å². The largest absolute Gasteiger partial charge is 0.493 e. The van der Waals surface area contributed by atoms with E-state index in [4.69, 9.17) is 4.74 Å². The van der Waals surface area contributed by atoms with E-state index in [1.54, 1.807) is 6.07 Å². The summed E-state index contributed by atoms with van der Waals surface area (Å²) in [6.45, 7) is 0.0586. The van der Waals surface area contributed by atoms with Crippen LogP contribution in [0.25, 0.3) is 0 Å². The molecule has 74 valence electrons. The average molecular weight is 260 g/mol. The van der Waals surface area contributed by atoms with Crippen LogP contribution in [0.5, 0.6) is 5.75 Å². The first kappa shape index (κ1) is 10.9. The number of hydrogen-bond acceptors (Lipinski definition) is 3. The molecule has 14 heavy (non-hydrogen) atoms. The van der Waals surface area contributed by atoms with Crippen LogP contribution in [0.3, 0.4) is 0 Å². The lowest BCUT2D eigenvalue weighted by Gasteiger charge is -2.07. The van der Waals surface area contributed by atoms with Crippen molar-refractivity contribution in [2.75, 3.05) is 7.11 Å². The molecule has 0 radical (unpaired) electrons. The monoisotopic (exact) mass is 259 g/mol. The number of rotatable bonds is 3. The van der Waals surface area contributed by atoms with Crippen LogP contribution >= 0.6 is 15.9 Å². The summed E-state index contributed by atoms with van der Waals surface area (Å²) in [7, 11) is 1.36. The molecular formula is C9H7BrFNO2. The zero-order chi connectivity index (χ0) is 10.6. The van der Waals surface area contributed by atoms with Gasteiger partial charge in [0.25, 0.3) is 0 Å². The van der Waals surface area contributed by atoms with Crippen LogP contribution < -0.4 is 4.74 Å². The number of aliphatic imine (C=N–C) groups is 1. The molecule has 0 bridgehead atoms. The lowest BCUT2D eigenvalue weighted by atomic mass is 10.2. The van der Waals surface area contributed by atoms with E-state index < -0.39 is 5.82 Å². The second-order valence-corrected chi connectivity index (χ2v) is 3.40. The van der Waals surface area contributed by atoms with E-state index in [-0.39, 0.29) is 12.3 Å². The van der Waals surface area contributed by atoms with Crippen molar-refractivity contribution in [3.63, 3.8) is 0 Å². The minimum absolute atomic E-state index is 0.0586. The Morgan fingerprint density at radius 2 is 2.36 bits per heavy atom. The minimum atomic E-state index is -0.488. The van der Waals surface area contributed by atoms with E-state index in [1.807, 2.05) is 0 Å². The first-order chi connectivity index (χ1) is 6.69. The van der Waals surface area contributed by atoms with E-state index in [9.17, 15) is 9.18 Å². The molecule has 1 aromatic rings. The van der Waals surface area contributed by atoms with E-state index >= 15 is 0 Å². The van der Waals surface area contributed by atoms with Crippen LogP contribution in [0.1, 0.15) is 5.56 Å². The van der Waals surface area contributed by atoms with Crippen molar-refractivity contribution in [2.45, 2.75) is 6.54 Å². The maximum absolute atomic E-state index is 13.2. The molecule has 0 atom stereocenters. The second-order valence-electron chi connectivity index (χ2n) is 2.49. The Hall–Kier alpha value is -1.19. The van der Waals surface area contributed by atoms with Crippen LogP contribution in [0.4, 0.5) is 4.39 Å². The van der Waals surface area contributed by atoms with Crippen molar-refractivity contribution >= 4 is 22.0 Å². The Labute approximate surface area is 88.7 Å². The molecule has 0 saturated carbocycles. The Morgan fingerprint density at radius 3 is 2.93 bits per heavy atom. The van der Waals surface area contributed by atoms with Crippen LogP contribution in [0.15, 0.2) is 21.6 Å². The number of nitrogens with zero attached hydrogens (tertiary/aromatic N) is 1. The Bertz CT molecular complexity index is 389. The van der Waals surface area contributed by atoms with E-state index in [0.717, 1.165) is 0 Å². The highest BCUT2D eigenvalue weighted by Gasteiger charge is 2.10. The number of carbonyl (C=O) groups excluding carboxylic acids is 1. The predicted molar refractivity (Wildman–Crippen MR) is 52.5 cm³/mol. The number of halogens is 2. The topological polar surface area (TPSA) is 38.7 Å². The number of isocyanates is 1. The lowest BCUT2D eigenvalue weighted by Crippen LogP contribution is -1.94. The van der Waals surface area contributed by atoms with Crippen LogP contribution in [-0.2, 0) is 11.3 Å². The number of methoxy groups -OCH3 is 1. The van der Waals surface area contributed by atoms with Crippen LogP contribution in [0, 0.1) is 5.82 Å². The van der Waals surface area contributed by atoms with Gasteiger partial charge >= 0.3 is 0 Å². The van der Waals surface area contributed by atoms with Gasteiger partial charge in [-0.2, -0.15) is 0 Å². The van der Waals surface area contributed by atoms with Gasteiger partial charge in [-0.25, -0.2) is 14.2 Å². The summed E-state index contributed by atoms with van der Waals surface area (Å²) in [6.07, 6.45) is 1.39. The van der Waals surface area contributed by atoms with Gasteiger partial charge in [-0.15, -0.1) is 0 Å². The first-order valence-electron chi connectivity index (χ1n) is 3.74. The third-order valence-corrected chi connectivity index (χ3v) is 2.06. The smallest absolute Gasteiger partial charge is 0.235 e. The summed E-state index contributed by atoms with van der Waals surface area (Å²) in [6, 6.07) is 2.93. The minimum Gasteiger partial charge on any atom is -0.493 e. The molecule has 0 aliphatic rings. The highest BCUT2D eigenvalue weighted by Crippen LogP contribution is 2.27. The molecule has 0 aliphatic carbocycles. The molecule has 0 saturated heterocycles. The standard InChI is InChI=1S/C9H7BrFNO2/c1-14-9-6(4-12-5-13)2-7(10)3-8(9)11/h2-3H,4H2,1H3. The van der Waals surface area contributed by atoms with Crippen molar-refractivity contribution in [3.05, 3.63) is 28.0 Å². The lowest BCUT2D eigenvalue weighted by molar-refractivity contribution is 0.381. The summed E-state index contributed by atoms with van der Waals surface area (Å²) in [5, 5.41) is 0. The predicted octanol–water partition coefficient (Wildman–Crippen LogP) is 2.43. The summed E-state index contributed by atoms with van der Waals surface area (Å²) in [5.41, 5.74) is 0.503. The number of benzene rings is 1. The van der Waals surface area contributed by atoms with Crippen LogP contribution in [-0.4, -0.2) is 13.2 Å². The third-order valence-electron chi connectivity index (χ3n) is 1.60. The number of ether oxygens (including phenoxy) is 1. The van der Waals surface area contributed by atoms with Gasteiger partial charge in [0.05, 0.1) is 13.7 Å². The molecule has 0 heterocycles. The Balaban J connectivity index is 3.17.